The molecular formula is C21H23NO2S. The molecule has 0 aliphatic heterocycles. The van der Waals surface area contributed by atoms with Gasteiger partial charge in [-0.15, -0.1) is 11.8 Å². The topological polar surface area (TPSA) is 46.2 Å². The normalized spacial score (nSPS) is 14.4. The minimum atomic E-state index is -0.108. The third-order valence-corrected chi connectivity index (χ3v) is 5.85. The van der Waals surface area contributed by atoms with Gasteiger partial charge in [0.25, 0.3) is 0 Å². The van der Waals surface area contributed by atoms with Crippen LogP contribution in [0.5, 0.6) is 0 Å². The molecule has 0 aromatic heterocycles. The summed E-state index contributed by atoms with van der Waals surface area (Å²) in [5.74, 6) is -0.104. The first kappa shape index (κ1) is 17.7. The molecule has 0 radical (unpaired) electrons. The highest BCUT2D eigenvalue weighted by Crippen LogP contribution is 2.38. The van der Waals surface area contributed by atoms with Crippen molar-refractivity contribution in [2.45, 2.75) is 48.7 Å². The molecule has 2 aromatic carbocycles. The number of para-hydroxylation sites is 1. The lowest BCUT2D eigenvalue weighted by atomic mass is 10.1. The summed E-state index contributed by atoms with van der Waals surface area (Å²) in [5, 5.41) is 3.63. The van der Waals surface area contributed by atoms with Crippen molar-refractivity contribution < 1.29 is 9.59 Å². The number of amides is 1. The molecule has 0 atom stereocenters. The molecule has 1 saturated carbocycles. The van der Waals surface area contributed by atoms with Crippen molar-refractivity contribution >= 4 is 29.1 Å². The zero-order valence-corrected chi connectivity index (χ0v) is 15.1. The van der Waals surface area contributed by atoms with Crippen molar-refractivity contribution in [1.82, 2.24) is 0 Å². The molecule has 0 heterocycles. The van der Waals surface area contributed by atoms with Gasteiger partial charge in [0.05, 0.1) is 5.69 Å². The first-order valence-electron chi connectivity index (χ1n) is 8.86. The standard InChI is InChI=1S/C21H23NO2S/c23-19(16-8-2-1-3-9-16)14-15-21(24)22-18-12-6-7-13-20(18)25-17-10-4-5-11-17/h1-3,6-9,12-13,17H,4-5,10-11,14-15H2,(H,22,24). The summed E-state index contributed by atoms with van der Waals surface area (Å²) in [6.07, 6.45) is 5.53. The van der Waals surface area contributed by atoms with Crippen LogP contribution in [0.1, 0.15) is 48.9 Å². The van der Waals surface area contributed by atoms with Crippen LogP contribution in [0.25, 0.3) is 0 Å². The predicted molar refractivity (Wildman–Crippen MR) is 103 cm³/mol. The number of rotatable bonds is 7. The highest BCUT2D eigenvalue weighted by molar-refractivity contribution is 8.00. The Kier molecular flexibility index (Phi) is 6.29. The molecule has 0 spiro atoms. The lowest BCUT2D eigenvalue weighted by molar-refractivity contribution is -0.116. The second-order valence-corrected chi connectivity index (χ2v) is 7.70. The first-order chi connectivity index (χ1) is 12.2. The maximum atomic E-state index is 12.3. The van der Waals surface area contributed by atoms with Crippen molar-refractivity contribution in [3.63, 3.8) is 0 Å². The zero-order chi connectivity index (χ0) is 17.5. The number of nitrogens with one attached hydrogen (secondary N) is 1. The number of carbonyl (C=O) groups excluding carboxylic acids is 2. The largest absolute Gasteiger partial charge is 0.325 e. The van der Waals surface area contributed by atoms with E-state index in [4.69, 9.17) is 0 Å². The monoisotopic (exact) mass is 353 g/mol. The molecule has 1 N–H and O–H groups in total. The predicted octanol–water partition coefficient (Wildman–Crippen LogP) is 5.32. The lowest BCUT2D eigenvalue weighted by Gasteiger charge is -2.14. The number of hydrogen-bond acceptors (Lipinski definition) is 3. The minimum Gasteiger partial charge on any atom is -0.325 e. The van der Waals surface area contributed by atoms with E-state index in [-0.39, 0.29) is 24.5 Å². The van der Waals surface area contributed by atoms with Crippen molar-refractivity contribution in [2.24, 2.45) is 0 Å². The second kappa shape index (κ2) is 8.86. The van der Waals surface area contributed by atoms with Crippen LogP contribution in [-0.4, -0.2) is 16.9 Å². The number of ketones is 1. The maximum Gasteiger partial charge on any atom is 0.224 e. The van der Waals surface area contributed by atoms with Gasteiger partial charge in [0, 0.05) is 28.6 Å². The second-order valence-electron chi connectivity index (χ2n) is 6.36. The Morgan fingerprint density at radius 2 is 1.60 bits per heavy atom. The van der Waals surface area contributed by atoms with E-state index in [0.29, 0.717) is 10.8 Å². The summed E-state index contributed by atoms with van der Waals surface area (Å²) in [6.45, 7) is 0. The molecule has 25 heavy (non-hydrogen) atoms. The van der Waals surface area contributed by atoms with Gasteiger partial charge in [0.1, 0.15) is 0 Å². The first-order valence-corrected chi connectivity index (χ1v) is 9.74. The van der Waals surface area contributed by atoms with E-state index in [1.165, 1.54) is 25.7 Å². The summed E-state index contributed by atoms with van der Waals surface area (Å²) >= 11 is 1.86. The molecule has 1 aliphatic rings. The molecular weight excluding hydrogens is 330 g/mol. The van der Waals surface area contributed by atoms with Crippen molar-refractivity contribution in [1.29, 1.82) is 0 Å². The molecule has 0 unspecified atom stereocenters. The fourth-order valence-electron chi connectivity index (χ4n) is 3.07. The molecule has 3 nitrogen and oxygen atoms in total. The molecule has 1 aliphatic carbocycles. The Morgan fingerprint density at radius 3 is 2.36 bits per heavy atom. The van der Waals surface area contributed by atoms with Crippen molar-refractivity contribution in [2.75, 3.05) is 5.32 Å². The van der Waals surface area contributed by atoms with E-state index in [0.717, 1.165) is 10.6 Å². The van der Waals surface area contributed by atoms with Gasteiger partial charge < -0.3 is 5.32 Å². The van der Waals surface area contributed by atoms with E-state index >= 15 is 0 Å². The molecule has 1 amide bonds. The summed E-state index contributed by atoms with van der Waals surface area (Å²) < 4.78 is 0. The summed E-state index contributed by atoms with van der Waals surface area (Å²) in [7, 11) is 0. The molecule has 4 heteroatoms. The molecule has 0 bridgehead atoms. The number of Topliss-reactive ketones (excluding diaryl/α,β-unsaturated/α-hetero) is 1. The van der Waals surface area contributed by atoms with E-state index in [1.807, 2.05) is 48.2 Å². The van der Waals surface area contributed by atoms with Crippen LogP contribution < -0.4 is 5.32 Å². The summed E-state index contributed by atoms with van der Waals surface area (Å²) in [5.41, 5.74) is 1.52. The molecule has 130 valence electrons. The minimum absolute atomic E-state index is 0.00404. The number of thioether (sulfide) groups is 1. The number of carbonyl (C=O) groups is 2. The van der Waals surface area contributed by atoms with Crippen LogP contribution in [0.2, 0.25) is 0 Å². The summed E-state index contributed by atoms with van der Waals surface area (Å²) in [4.78, 5) is 25.5. The van der Waals surface area contributed by atoms with Gasteiger partial charge in [-0.3, -0.25) is 9.59 Å². The van der Waals surface area contributed by atoms with E-state index in [9.17, 15) is 9.59 Å². The Hall–Kier alpha value is -2.07. The maximum absolute atomic E-state index is 12.3. The molecule has 1 fully saturated rings. The zero-order valence-electron chi connectivity index (χ0n) is 14.2. The number of hydrogen-bond donors (Lipinski definition) is 1. The van der Waals surface area contributed by atoms with Crippen LogP contribution in [0.3, 0.4) is 0 Å². The van der Waals surface area contributed by atoms with E-state index < -0.39 is 0 Å². The Bertz CT molecular complexity index is 724. The lowest BCUT2D eigenvalue weighted by Crippen LogP contribution is -2.14. The Balaban J connectivity index is 1.55. The van der Waals surface area contributed by atoms with Crippen LogP contribution >= 0.6 is 11.8 Å². The average molecular weight is 353 g/mol. The van der Waals surface area contributed by atoms with Crippen molar-refractivity contribution in [3.05, 3.63) is 60.2 Å². The molecule has 0 saturated heterocycles. The fraction of sp³-hybridized carbons (Fsp3) is 0.333. The highest BCUT2D eigenvalue weighted by atomic mass is 32.2. The number of anilines is 1. The SMILES string of the molecule is O=C(CCC(=O)c1ccccc1)Nc1ccccc1SC1CCCC1. The fourth-order valence-corrected chi connectivity index (χ4v) is 4.40. The Labute approximate surface area is 153 Å². The number of benzene rings is 2. The van der Waals surface area contributed by atoms with Crippen molar-refractivity contribution in [3.8, 4) is 0 Å². The molecule has 2 aromatic rings. The smallest absolute Gasteiger partial charge is 0.224 e. The highest BCUT2D eigenvalue weighted by Gasteiger charge is 2.18. The van der Waals surface area contributed by atoms with Crippen LogP contribution in [0.4, 0.5) is 5.69 Å². The van der Waals surface area contributed by atoms with Gasteiger partial charge in [-0.2, -0.15) is 0 Å². The third-order valence-electron chi connectivity index (χ3n) is 4.43. The molecule has 3 rings (SSSR count). The van der Waals surface area contributed by atoms with Gasteiger partial charge in [0.15, 0.2) is 5.78 Å². The van der Waals surface area contributed by atoms with Crippen LogP contribution in [-0.2, 0) is 4.79 Å². The van der Waals surface area contributed by atoms with Gasteiger partial charge in [-0.1, -0.05) is 55.3 Å². The van der Waals surface area contributed by atoms with E-state index in [1.54, 1.807) is 12.1 Å². The third kappa shape index (κ3) is 5.20. The summed E-state index contributed by atoms with van der Waals surface area (Å²) in [6, 6.07) is 17.1. The van der Waals surface area contributed by atoms with Gasteiger partial charge >= 0.3 is 0 Å². The van der Waals surface area contributed by atoms with Gasteiger partial charge in [-0.05, 0) is 25.0 Å². The van der Waals surface area contributed by atoms with Gasteiger partial charge in [0.2, 0.25) is 5.91 Å². The quantitative estimate of drug-likeness (QED) is 0.685. The van der Waals surface area contributed by atoms with Crippen LogP contribution in [0, 0.1) is 0 Å². The van der Waals surface area contributed by atoms with E-state index in [2.05, 4.69) is 11.4 Å². The van der Waals surface area contributed by atoms with Gasteiger partial charge in [-0.25, -0.2) is 0 Å². The van der Waals surface area contributed by atoms with Crippen LogP contribution in [0.15, 0.2) is 59.5 Å². The Morgan fingerprint density at radius 1 is 0.920 bits per heavy atom. The average Bonchev–Trinajstić information content (AvgIpc) is 3.15.